The number of nitrogens with one attached hydrogen (secondary N) is 1. The summed E-state index contributed by atoms with van der Waals surface area (Å²) in [6.07, 6.45) is 6.12. The van der Waals surface area contributed by atoms with Crippen LogP contribution in [0.2, 0.25) is 0 Å². The predicted octanol–water partition coefficient (Wildman–Crippen LogP) is 2.13. The Morgan fingerprint density at radius 3 is 2.64 bits per heavy atom. The maximum atomic E-state index is 12.7. The molecular weight excluding hydrogens is 316 g/mol. The maximum absolute atomic E-state index is 12.7. The first-order valence-corrected chi connectivity index (χ1v) is 8.30. The molecule has 3 heterocycles. The van der Waals surface area contributed by atoms with E-state index in [0.717, 1.165) is 29.2 Å². The normalized spacial score (nSPS) is 17.3. The lowest BCUT2D eigenvalue weighted by Crippen LogP contribution is -2.33. The number of hydrogen-bond donors (Lipinski definition) is 1. The lowest BCUT2D eigenvalue weighted by Gasteiger charge is -2.15. The summed E-state index contributed by atoms with van der Waals surface area (Å²) in [7, 11) is 1.85. The molecule has 1 unspecified atom stereocenters. The first-order chi connectivity index (χ1) is 12.1. The smallest absolute Gasteiger partial charge is 0.249 e. The fraction of sp³-hybridized carbons (Fsp3) is 0.278. The number of hydrogen-bond acceptors (Lipinski definition) is 4. The Morgan fingerprint density at radius 2 is 1.92 bits per heavy atom. The number of carbonyl (C=O) groups excluding carboxylic acids is 1. The molecule has 4 rings (SSSR count). The second-order valence-corrected chi connectivity index (χ2v) is 6.24. The molecule has 0 bridgehead atoms. The summed E-state index contributed by atoms with van der Waals surface area (Å²) in [5, 5.41) is 11.9. The van der Waals surface area contributed by atoms with Crippen molar-refractivity contribution in [1.29, 1.82) is 0 Å². The van der Waals surface area contributed by atoms with Crippen molar-refractivity contribution in [3.05, 3.63) is 54.6 Å². The van der Waals surface area contributed by atoms with Crippen LogP contribution in [0, 0.1) is 6.92 Å². The van der Waals surface area contributed by atoms with Gasteiger partial charge in [-0.15, -0.1) is 0 Å². The van der Waals surface area contributed by atoms with Crippen LogP contribution in [0.25, 0.3) is 5.69 Å². The van der Waals surface area contributed by atoms with Crippen LogP contribution in [0.1, 0.15) is 12.1 Å². The van der Waals surface area contributed by atoms with Gasteiger partial charge in [0.1, 0.15) is 6.04 Å². The van der Waals surface area contributed by atoms with Gasteiger partial charge in [0.2, 0.25) is 5.91 Å². The first kappa shape index (κ1) is 15.4. The Kier molecular flexibility index (Phi) is 3.76. The number of nitrogens with zero attached hydrogens (tertiary/aromatic N) is 5. The molecule has 0 saturated carbocycles. The van der Waals surface area contributed by atoms with Crippen molar-refractivity contribution >= 4 is 17.3 Å². The maximum Gasteiger partial charge on any atom is 0.249 e. The standard InChI is InChI=1S/C18H20N6O/c1-13-17(11-20-24(13)14-6-4-3-5-7-14)21-16-8-9-23(18(16)25)15-10-19-22(2)12-15/h3-7,10-12,16,21H,8-9H2,1-2H3. The summed E-state index contributed by atoms with van der Waals surface area (Å²) in [5.74, 6) is 0.0693. The van der Waals surface area contributed by atoms with Crippen LogP contribution in [-0.4, -0.2) is 38.1 Å². The van der Waals surface area contributed by atoms with Crippen molar-refractivity contribution in [3.8, 4) is 5.69 Å². The van der Waals surface area contributed by atoms with Gasteiger partial charge in [-0.1, -0.05) is 18.2 Å². The Bertz CT molecular complexity index is 897. The van der Waals surface area contributed by atoms with E-state index in [0.29, 0.717) is 6.54 Å². The van der Waals surface area contributed by atoms with Crippen molar-refractivity contribution < 1.29 is 4.79 Å². The van der Waals surface area contributed by atoms with E-state index in [-0.39, 0.29) is 11.9 Å². The summed E-state index contributed by atoms with van der Waals surface area (Å²) in [6.45, 7) is 2.69. The molecule has 7 nitrogen and oxygen atoms in total. The molecule has 7 heteroatoms. The van der Waals surface area contributed by atoms with Gasteiger partial charge in [0.25, 0.3) is 0 Å². The molecule has 1 N–H and O–H groups in total. The monoisotopic (exact) mass is 336 g/mol. The fourth-order valence-corrected chi connectivity index (χ4v) is 3.19. The van der Waals surface area contributed by atoms with E-state index in [2.05, 4.69) is 15.5 Å². The summed E-state index contributed by atoms with van der Waals surface area (Å²) >= 11 is 0. The Balaban J connectivity index is 1.52. The van der Waals surface area contributed by atoms with Gasteiger partial charge in [-0.25, -0.2) is 4.68 Å². The van der Waals surface area contributed by atoms with E-state index in [1.54, 1.807) is 22.0 Å². The van der Waals surface area contributed by atoms with Crippen LogP contribution >= 0.6 is 0 Å². The van der Waals surface area contributed by atoms with E-state index in [1.807, 2.05) is 55.2 Å². The zero-order valence-electron chi connectivity index (χ0n) is 14.3. The molecule has 1 aromatic carbocycles. The number of rotatable bonds is 4. The number of para-hydroxylation sites is 1. The number of aromatic nitrogens is 4. The Morgan fingerprint density at radius 1 is 1.12 bits per heavy atom. The third kappa shape index (κ3) is 2.77. The summed E-state index contributed by atoms with van der Waals surface area (Å²) in [6, 6.07) is 9.72. The van der Waals surface area contributed by atoms with Crippen LogP contribution in [0.5, 0.6) is 0 Å². The molecular formula is C18H20N6O. The molecule has 3 aromatic rings. The van der Waals surface area contributed by atoms with Crippen LogP contribution in [0.15, 0.2) is 48.9 Å². The number of benzene rings is 1. The first-order valence-electron chi connectivity index (χ1n) is 8.30. The van der Waals surface area contributed by atoms with E-state index < -0.39 is 0 Å². The van der Waals surface area contributed by atoms with Gasteiger partial charge in [-0.2, -0.15) is 10.2 Å². The lowest BCUT2D eigenvalue weighted by molar-refractivity contribution is -0.117. The van der Waals surface area contributed by atoms with E-state index in [4.69, 9.17) is 0 Å². The van der Waals surface area contributed by atoms with Crippen molar-refractivity contribution in [2.24, 2.45) is 7.05 Å². The molecule has 128 valence electrons. The highest BCUT2D eigenvalue weighted by molar-refractivity contribution is 6.00. The molecule has 1 saturated heterocycles. The van der Waals surface area contributed by atoms with E-state index in [1.165, 1.54) is 0 Å². The highest BCUT2D eigenvalue weighted by Crippen LogP contribution is 2.25. The molecule has 1 aliphatic rings. The largest absolute Gasteiger partial charge is 0.371 e. The van der Waals surface area contributed by atoms with E-state index in [9.17, 15) is 4.79 Å². The van der Waals surface area contributed by atoms with Crippen molar-refractivity contribution in [1.82, 2.24) is 19.6 Å². The van der Waals surface area contributed by atoms with Crippen LogP contribution < -0.4 is 10.2 Å². The molecule has 1 aliphatic heterocycles. The number of amides is 1. The highest BCUT2D eigenvalue weighted by atomic mass is 16.2. The number of carbonyl (C=O) groups is 1. The zero-order chi connectivity index (χ0) is 17.4. The third-order valence-electron chi connectivity index (χ3n) is 4.55. The molecule has 1 atom stereocenters. The molecule has 0 aliphatic carbocycles. The second kappa shape index (κ2) is 6.08. The summed E-state index contributed by atoms with van der Waals surface area (Å²) in [4.78, 5) is 14.5. The molecule has 1 fully saturated rings. The van der Waals surface area contributed by atoms with Gasteiger partial charge in [0.15, 0.2) is 0 Å². The molecule has 0 radical (unpaired) electrons. The lowest BCUT2D eigenvalue weighted by atomic mass is 10.2. The Hall–Kier alpha value is -3.09. The van der Waals surface area contributed by atoms with Gasteiger partial charge in [0.05, 0.1) is 35.1 Å². The third-order valence-corrected chi connectivity index (χ3v) is 4.55. The number of anilines is 2. The van der Waals surface area contributed by atoms with Gasteiger partial charge in [0, 0.05) is 19.8 Å². The summed E-state index contributed by atoms with van der Waals surface area (Å²) in [5.41, 5.74) is 3.71. The minimum atomic E-state index is -0.243. The van der Waals surface area contributed by atoms with Crippen LogP contribution in [-0.2, 0) is 11.8 Å². The van der Waals surface area contributed by atoms with Crippen LogP contribution in [0.4, 0.5) is 11.4 Å². The number of aryl methyl sites for hydroxylation is 1. The quantitative estimate of drug-likeness (QED) is 0.792. The molecule has 2 aromatic heterocycles. The van der Waals surface area contributed by atoms with Gasteiger partial charge >= 0.3 is 0 Å². The topological polar surface area (TPSA) is 68.0 Å². The van der Waals surface area contributed by atoms with Crippen LogP contribution in [0.3, 0.4) is 0 Å². The van der Waals surface area contributed by atoms with Gasteiger partial charge in [-0.3, -0.25) is 9.48 Å². The average molecular weight is 336 g/mol. The minimum absolute atomic E-state index is 0.0693. The fourth-order valence-electron chi connectivity index (χ4n) is 3.19. The highest BCUT2D eigenvalue weighted by Gasteiger charge is 2.33. The van der Waals surface area contributed by atoms with Gasteiger partial charge < -0.3 is 10.2 Å². The molecule has 1 amide bonds. The SMILES string of the molecule is Cc1c(NC2CCN(c3cnn(C)c3)C2=O)cnn1-c1ccccc1. The average Bonchev–Trinajstić information content (AvgIpc) is 3.30. The van der Waals surface area contributed by atoms with Crippen molar-refractivity contribution in [2.45, 2.75) is 19.4 Å². The molecule has 0 spiro atoms. The van der Waals surface area contributed by atoms with Gasteiger partial charge in [-0.05, 0) is 25.5 Å². The zero-order valence-corrected chi connectivity index (χ0v) is 14.3. The molecule has 25 heavy (non-hydrogen) atoms. The minimum Gasteiger partial charge on any atom is -0.371 e. The van der Waals surface area contributed by atoms with Crippen molar-refractivity contribution in [2.75, 3.05) is 16.8 Å². The van der Waals surface area contributed by atoms with Crippen molar-refractivity contribution in [3.63, 3.8) is 0 Å². The second-order valence-electron chi connectivity index (χ2n) is 6.24. The summed E-state index contributed by atoms with van der Waals surface area (Å²) < 4.78 is 3.58. The Labute approximate surface area is 145 Å². The van der Waals surface area contributed by atoms with E-state index >= 15 is 0 Å². The predicted molar refractivity (Wildman–Crippen MR) is 95.9 cm³/mol.